The summed E-state index contributed by atoms with van der Waals surface area (Å²) in [5.41, 5.74) is 0.231. The number of benzene rings is 1. The Morgan fingerprint density at radius 3 is 2.74 bits per heavy atom. The molecule has 0 aliphatic carbocycles. The van der Waals surface area contributed by atoms with Gasteiger partial charge in [-0.15, -0.1) is 0 Å². The number of hydrogen-bond donors (Lipinski definition) is 2. The highest BCUT2D eigenvalue weighted by molar-refractivity contribution is 5.79. The molecule has 7 heteroatoms. The second-order valence-corrected chi connectivity index (χ2v) is 6.59. The molecule has 5 nitrogen and oxygen atoms in total. The standard InChI is InChI=1S/C20H26F2N4O/c1-2-23-20(24-13-15-12-16(21)7-8-17(15)22)25-14-18(19-6-5-11-27-19)26-9-3-4-10-26/h5-8,11-12,18H,2-4,9-10,13-14H2,1H3,(H2,23,24,25). The zero-order valence-electron chi connectivity index (χ0n) is 15.5. The van der Waals surface area contributed by atoms with Crippen LogP contribution >= 0.6 is 0 Å². The number of aliphatic imine (C=N–C) groups is 1. The zero-order chi connectivity index (χ0) is 19.1. The summed E-state index contributed by atoms with van der Waals surface area (Å²) in [6, 6.07) is 7.40. The van der Waals surface area contributed by atoms with Crippen LogP contribution < -0.4 is 10.6 Å². The van der Waals surface area contributed by atoms with Crippen LogP contribution in [0.2, 0.25) is 0 Å². The molecule has 2 aromatic rings. The van der Waals surface area contributed by atoms with Crippen molar-refractivity contribution in [3.63, 3.8) is 0 Å². The third-order valence-corrected chi connectivity index (χ3v) is 4.68. The van der Waals surface area contributed by atoms with Crippen LogP contribution in [0.3, 0.4) is 0 Å². The van der Waals surface area contributed by atoms with Crippen molar-refractivity contribution in [1.82, 2.24) is 15.5 Å². The molecule has 146 valence electrons. The van der Waals surface area contributed by atoms with E-state index in [0.29, 0.717) is 19.0 Å². The molecule has 1 fully saturated rings. The summed E-state index contributed by atoms with van der Waals surface area (Å²) in [5.74, 6) is 0.557. The van der Waals surface area contributed by atoms with Crippen molar-refractivity contribution < 1.29 is 13.2 Å². The van der Waals surface area contributed by atoms with Crippen LogP contribution in [-0.2, 0) is 6.54 Å². The second-order valence-electron chi connectivity index (χ2n) is 6.59. The molecule has 1 saturated heterocycles. The molecule has 1 aromatic heterocycles. The van der Waals surface area contributed by atoms with Gasteiger partial charge in [-0.3, -0.25) is 4.90 Å². The molecule has 1 atom stereocenters. The predicted molar refractivity (Wildman–Crippen MR) is 101 cm³/mol. The molecule has 27 heavy (non-hydrogen) atoms. The van der Waals surface area contributed by atoms with Gasteiger partial charge in [0.25, 0.3) is 0 Å². The highest BCUT2D eigenvalue weighted by Crippen LogP contribution is 2.24. The van der Waals surface area contributed by atoms with Crippen molar-refractivity contribution in [2.24, 2.45) is 4.99 Å². The third-order valence-electron chi connectivity index (χ3n) is 4.68. The van der Waals surface area contributed by atoms with Crippen molar-refractivity contribution in [3.8, 4) is 0 Å². The smallest absolute Gasteiger partial charge is 0.191 e. The molecular weight excluding hydrogens is 350 g/mol. The van der Waals surface area contributed by atoms with Crippen LogP contribution in [0.25, 0.3) is 0 Å². The van der Waals surface area contributed by atoms with Gasteiger partial charge in [0, 0.05) is 18.7 Å². The van der Waals surface area contributed by atoms with Gasteiger partial charge < -0.3 is 15.1 Å². The average Bonchev–Trinajstić information content (AvgIpc) is 3.37. The van der Waals surface area contributed by atoms with E-state index < -0.39 is 11.6 Å². The summed E-state index contributed by atoms with van der Waals surface area (Å²) in [5, 5.41) is 6.46. The van der Waals surface area contributed by atoms with Gasteiger partial charge in [-0.25, -0.2) is 13.8 Å². The maximum atomic E-state index is 13.8. The first-order chi connectivity index (χ1) is 13.2. The topological polar surface area (TPSA) is 52.8 Å². The molecule has 1 aliphatic rings. The van der Waals surface area contributed by atoms with Crippen molar-refractivity contribution in [2.45, 2.75) is 32.4 Å². The number of hydrogen-bond acceptors (Lipinski definition) is 3. The molecule has 1 aromatic carbocycles. The highest BCUT2D eigenvalue weighted by Gasteiger charge is 2.25. The Morgan fingerprint density at radius 2 is 2.04 bits per heavy atom. The van der Waals surface area contributed by atoms with Gasteiger partial charge in [0.05, 0.1) is 18.8 Å². The van der Waals surface area contributed by atoms with Crippen LogP contribution in [0.5, 0.6) is 0 Å². The van der Waals surface area contributed by atoms with Crippen LogP contribution in [0.15, 0.2) is 46.0 Å². The zero-order valence-corrected chi connectivity index (χ0v) is 15.5. The number of likely N-dealkylation sites (tertiary alicyclic amines) is 1. The van der Waals surface area contributed by atoms with Crippen molar-refractivity contribution in [1.29, 1.82) is 0 Å². The van der Waals surface area contributed by atoms with Gasteiger partial charge >= 0.3 is 0 Å². The van der Waals surface area contributed by atoms with E-state index in [-0.39, 0.29) is 18.2 Å². The first-order valence-corrected chi connectivity index (χ1v) is 9.41. The summed E-state index contributed by atoms with van der Waals surface area (Å²) < 4.78 is 32.8. The van der Waals surface area contributed by atoms with Gasteiger partial charge in [-0.1, -0.05) is 0 Å². The number of nitrogens with zero attached hydrogens (tertiary/aromatic N) is 2. The quantitative estimate of drug-likeness (QED) is 0.574. The van der Waals surface area contributed by atoms with Crippen LogP contribution in [0.1, 0.15) is 37.1 Å². The Balaban J connectivity index is 1.68. The summed E-state index contributed by atoms with van der Waals surface area (Å²) in [4.78, 5) is 6.79. The van der Waals surface area contributed by atoms with Crippen LogP contribution in [-0.4, -0.2) is 37.0 Å². The van der Waals surface area contributed by atoms with Crippen LogP contribution in [0.4, 0.5) is 8.78 Å². The fourth-order valence-electron chi connectivity index (χ4n) is 3.31. The Hall–Kier alpha value is -2.41. The lowest BCUT2D eigenvalue weighted by molar-refractivity contribution is 0.215. The Morgan fingerprint density at radius 1 is 1.22 bits per heavy atom. The van der Waals surface area contributed by atoms with Gasteiger partial charge in [0.2, 0.25) is 0 Å². The normalized spacial score (nSPS) is 16.5. The molecule has 0 saturated carbocycles. The van der Waals surface area contributed by atoms with E-state index in [4.69, 9.17) is 4.42 Å². The first-order valence-electron chi connectivity index (χ1n) is 9.41. The predicted octanol–water partition coefficient (Wildman–Crippen LogP) is 3.45. The second kappa shape index (κ2) is 9.50. The van der Waals surface area contributed by atoms with E-state index in [9.17, 15) is 8.78 Å². The van der Waals surface area contributed by atoms with Crippen molar-refractivity contribution >= 4 is 5.96 Å². The number of guanidine groups is 1. The molecule has 0 amide bonds. The monoisotopic (exact) mass is 376 g/mol. The fourth-order valence-corrected chi connectivity index (χ4v) is 3.31. The van der Waals surface area contributed by atoms with E-state index in [0.717, 1.165) is 31.0 Å². The van der Waals surface area contributed by atoms with E-state index in [1.165, 1.54) is 18.9 Å². The molecule has 3 rings (SSSR count). The van der Waals surface area contributed by atoms with Gasteiger partial charge in [-0.05, 0) is 63.2 Å². The third kappa shape index (κ3) is 5.29. The lowest BCUT2D eigenvalue weighted by atomic mass is 10.2. The molecule has 1 unspecified atom stereocenters. The van der Waals surface area contributed by atoms with Gasteiger partial charge in [-0.2, -0.15) is 0 Å². The summed E-state index contributed by atoms with van der Waals surface area (Å²) in [7, 11) is 0. The number of furan rings is 1. The lowest BCUT2D eigenvalue weighted by Gasteiger charge is -2.26. The molecule has 1 aliphatic heterocycles. The maximum Gasteiger partial charge on any atom is 0.191 e. The lowest BCUT2D eigenvalue weighted by Crippen LogP contribution is -2.42. The largest absolute Gasteiger partial charge is 0.468 e. The van der Waals surface area contributed by atoms with Crippen LogP contribution in [0, 0.1) is 11.6 Å². The number of halogens is 2. The summed E-state index contributed by atoms with van der Waals surface area (Å²) in [6.45, 7) is 5.39. The van der Waals surface area contributed by atoms with E-state index in [1.807, 2.05) is 19.1 Å². The highest BCUT2D eigenvalue weighted by atomic mass is 19.1. The molecule has 2 heterocycles. The molecule has 0 radical (unpaired) electrons. The first kappa shape index (κ1) is 19.4. The summed E-state index contributed by atoms with van der Waals surface area (Å²) in [6.07, 6.45) is 4.05. The van der Waals surface area contributed by atoms with Gasteiger partial charge in [0.15, 0.2) is 5.96 Å². The fraction of sp³-hybridized carbons (Fsp3) is 0.450. The van der Waals surface area contributed by atoms with E-state index in [2.05, 4.69) is 20.5 Å². The minimum Gasteiger partial charge on any atom is -0.468 e. The van der Waals surface area contributed by atoms with Gasteiger partial charge in [0.1, 0.15) is 17.4 Å². The molecule has 0 spiro atoms. The SMILES string of the molecule is CCNC(=NCc1cc(F)ccc1F)NCC(c1ccco1)N1CCCC1. The maximum absolute atomic E-state index is 13.8. The minimum atomic E-state index is -0.466. The molecular formula is C20H26F2N4O. The molecule has 2 N–H and O–H groups in total. The van der Waals surface area contributed by atoms with Crippen molar-refractivity contribution in [3.05, 3.63) is 59.6 Å². The Labute approximate surface area is 158 Å². The van der Waals surface area contributed by atoms with Crippen molar-refractivity contribution in [2.75, 3.05) is 26.2 Å². The minimum absolute atomic E-state index is 0.0636. The van der Waals surface area contributed by atoms with E-state index >= 15 is 0 Å². The number of rotatable bonds is 7. The Bertz CT molecular complexity index is 742. The Kier molecular flexibility index (Phi) is 6.81. The average molecular weight is 376 g/mol. The molecule has 0 bridgehead atoms. The summed E-state index contributed by atoms with van der Waals surface area (Å²) >= 11 is 0. The van der Waals surface area contributed by atoms with E-state index in [1.54, 1.807) is 6.26 Å². The number of nitrogens with one attached hydrogen (secondary N) is 2.